The standard InChI is InChI=1S/C15H19NOS/c1-16(15-7-9-18-12-15)11-14-5-2-4-13(10-14)6-3-8-17/h2,4-5,10,15,17H,7-9,11-12H2,1H3. The lowest BCUT2D eigenvalue weighted by atomic mass is 10.1. The summed E-state index contributed by atoms with van der Waals surface area (Å²) in [7, 11) is 2.20. The van der Waals surface area contributed by atoms with Crippen molar-refractivity contribution in [3.05, 3.63) is 35.4 Å². The summed E-state index contributed by atoms with van der Waals surface area (Å²) in [5.74, 6) is 8.18. The number of aliphatic hydroxyl groups excluding tert-OH is 1. The van der Waals surface area contributed by atoms with Crippen LogP contribution in [0.2, 0.25) is 0 Å². The van der Waals surface area contributed by atoms with Gasteiger partial charge >= 0.3 is 0 Å². The summed E-state index contributed by atoms with van der Waals surface area (Å²) < 4.78 is 0. The Morgan fingerprint density at radius 3 is 3.11 bits per heavy atom. The minimum atomic E-state index is -0.0799. The lowest BCUT2D eigenvalue weighted by molar-refractivity contribution is 0.254. The Balaban J connectivity index is 1.99. The second-order valence-electron chi connectivity index (χ2n) is 4.59. The molecule has 1 fully saturated rings. The summed E-state index contributed by atoms with van der Waals surface area (Å²) in [4.78, 5) is 2.43. The van der Waals surface area contributed by atoms with Gasteiger partial charge in [-0.3, -0.25) is 4.90 Å². The third-order valence-electron chi connectivity index (χ3n) is 3.20. The van der Waals surface area contributed by atoms with Crippen molar-refractivity contribution in [1.82, 2.24) is 4.90 Å². The number of nitrogens with zero attached hydrogens (tertiary/aromatic N) is 1. The van der Waals surface area contributed by atoms with Crippen LogP contribution in [0.25, 0.3) is 0 Å². The van der Waals surface area contributed by atoms with Crippen LogP contribution in [0.4, 0.5) is 0 Å². The molecule has 1 aliphatic heterocycles. The van der Waals surface area contributed by atoms with Crippen molar-refractivity contribution in [2.45, 2.75) is 19.0 Å². The van der Waals surface area contributed by atoms with Gasteiger partial charge in [-0.15, -0.1) is 0 Å². The summed E-state index contributed by atoms with van der Waals surface area (Å²) in [6.45, 7) is 0.892. The average Bonchev–Trinajstić information content (AvgIpc) is 2.91. The average molecular weight is 261 g/mol. The van der Waals surface area contributed by atoms with Gasteiger partial charge in [-0.1, -0.05) is 24.0 Å². The second kappa shape index (κ2) is 6.84. The number of hydrogen-bond acceptors (Lipinski definition) is 3. The predicted molar refractivity (Wildman–Crippen MR) is 77.6 cm³/mol. The number of benzene rings is 1. The van der Waals surface area contributed by atoms with Gasteiger partial charge in [0, 0.05) is 23.9 Å². The highest BCUT2D eigenvalue weighted by Gasteiger charge is 2.19. The quantitative estimate of drug-likeness (QED) is 0.842. The Morgan fingerprint density at radius 2 is 2.39 bits per heavy atom. The summed E-state index contributed by atoms with van der Waals surface area (Å²) in [5, 5.41) is 8.70. The SMILES string of the molecule is CN(Cc1cccc(C#CCO)c1)C1CCSC1. The molecule has 0 radical (unpaired) electrons. The molecule has 1 aliphatic rings. The van der Waals surface area contributed by atoms with Crippen molar-refractivity contribution >= 4 is 11.8 Å². The zero-order chi connectivity index (χ0) is 12.8. The van der Waals surface area contributed by atoms with E-state index in [9.17, 15) is 0 Å². The highest BCUT2D eigenvalue weighted by molar-refractivity contribution is 7.99. The van der Waals surface area contributed by atoms with Gasteiger partial charge in [0.15, 0.2) is 0 Å². The third kappa shape index (κ3) is 3.78. The van der Waals surface area contributed by atoms with Gasteiger partial charge in [-0.25, -0.2) is 0 Å². The molecule has 0 amide bonds. The van der Waals surface area contributed by atoms with Crippen molar-refractivity contribution in [2.24, 2.45) is 0 Å². The lowest BCUT2D eigenvalue weighted by Crippen LogP contribution is -2.30. The Hall–Kier alpha value is -0.950. The van der Waals surface area contributed by atoms with Gasteiger partial charge in [0.05, 0.1) is 0 Å². The Kier molecular flexibility index (Phi) is 5.12. The van der Waals surface area contributed by atoms with Crippen LogP contribution in [0.15, 0.2) is 24.3 Å². The molecule has 1 aromatic rings. The molecule has 1 heterocycles. The molecule has 0 saturated carbocycles. The number of thioether (sulfide) groups is 1. The van der Waals surface area contributed by atoms with Crippen LogP contribution in [0.3, 0.4) is 0 Å². The molecule has 0 spiro atoms. The molecule has 1 atom stereocenters. The van der Waals surface area contributed by atoms with Crippen LogP contribution in [0, 0.1) is 11.8 Å². The number of hydrogen-bond donors (Lipinski definition) is 1. The van der Waals surface area contributed by atoms with E-state index in [2.05, 4.69) is 35.9 Å². The molecule has 1 N–H and O–H groups in total. The van der Waals surface area contributed by atoms with Crippen molar-refractivity contribution < 1.29 is 5.11 Å². The first-order valence-electron chi connectivity index (χ1n) is 6.26. The normalized spacial score (nSPS) is 18.7. The van der Waals surface area contributed by atoms with Crippen molar-refractivity contribution in [2.75, 3.05) is 25.2 Å². The van der Waals surface area contributed by atoms with E-state index in [-0.39, 0.29) is 6.61 Å². The molecular formula is C15H19NOS. The zero-order valence-corrected chi connectivity index (χ0v) is 11.5. The first-order chi connectivity index (χ1) is 8.79. The van der Waals surface area contributed by atoms with Gasteiger partial charge in [0.2, 0.25) is 0 Å². The highest BCUT2D eigenvalue weighted by Crippen LogP contribution is 2.22. The van der Waals surface area contributed by atoms with Crippen LogP contribution in [-0.2, 0) is 6.54 Å². The maximum atomic E-state index is 8.70. The van der Waals surface area contributed by atoms with Crippen LogP contribution >= 0.6 is 11.8 Å². The first-order valence-corrected chi connectivity index (χ1v) is 7.41. The largest absolute Gasteiger partial charge is 0.384 e. The van der Waals surface area contributed by atoms with Crippen LogP contribution in [-0.4, -0.2) is 41.2 Å². The molecule has 2 rings (SSSR count). The molecule has 0 bridgehead atoms. The van der Waals surface area contributed by atoms with E-state index in [0.29, 0.717) is 6.04 Å². The van der Waals surface area contributed by atoms with E-state index in [4.69, 9.17) is 5.11 Å². The smallest absolute Gasteiger partial charge is 0.104 e. The van der Waals surface area contributed by atoms with Crippen LogP contribution < -0.4 is 0 Å². The molecule has 1 saturated heterocycles. The molecule has 18 heavy (non-hydrogen) atoms. The number of rotatable bonds is 3. The predicted octanol–water partition coefficient (Wildman–Crippen LogP) is 1.97. The van der Waals surface area contributed by atoms with E-state index in [0.717, 1.165) is 12.1 Å². The van der Waals surface area contributed by atoms with Crippen molar-refractivity contribution in [1.29, 1.82) is 0 Å². The Bertz CT molecular complexity index is 443. The zero-order valence-electron chi connectivity index (χ0n) is 10.7. The maximum Gasteiger partial charge on any atom is 0.104 e. The van der Waals surface area contributed by atoms with E-state index in [1.165, 1.54) is 23.5 Å². The van der Waals surface area contributed by atoms with E-state index >= 15 is 0 Å². The molecule has 1 aromatic carbocycles. The summed E-state index contributed by atoms with van der Waals surface area (Å²) in [5.41, 5.74) is 2.27. The molecule has 3 heteroatoms. The highest BCUT2D eigenvalue weighted by atomic mass is 32.2. The van der Waals surface area contributed by atoms with Gasteiger partial charge < -0.3 is 5.11 Å². The van der Waals surface area contributed by atoms with E-state index < -0.39 is 0 Å². The van der Waals surface area contributed by atoms with Gasteiger partial charge in [-0.05, 0) is 36.9 Å². The monoisotopic (exact) mass is 261 g/mol. The van der Waals surface area contributed by atoms with Crippen LogP contribution in [0.5, 0.6) is 0 Å². The molecule has 2 nitrogen and oxygen atoms in total. The summed E-state index contributed by atoms with van der Waals surface area (Å²) in [6.07, 6.45) is 1.30. The first kappa shape index (κ1) is 13.5. The second-order valence-corrected chi connectivity index (χ2v) is 5.74. The Morgan fingerprint density at radius 1 is 1.50 bits per heavy atom. The van der Waals surface area contributed by atoms with Crippen molar-refractivity contribution in [3.8, 4) is 11.8 Å². The molecular weight excluding hydrogens is 242 g/mol. The minimum absolute atomic E-state index is 0.0799. The lowest BCUT2D eigenvalue weighted by Gasteiger charge is -2.23. The topological polar surface area (TPSA) is 23.5 Å². The summed E-state index contributed by atoms with van der Waals surface area (Å²) in [6, 6.07) is 8.98. The minimum Gasteiger partial charge on any atom is -0.384 e. The molecule has 1 unspecified atom stereocenters. The van der Waals surface area contributed by atoms with Crippen molar-refractivity contribution in [3.63, 3.8) is 0 Å². The fourth-order valence-electron chi connectivity index (χ4n) is 2.18. The van der Waals surface area contributed by atoms with E-state index in [1.807, 2.05) is 23.9 Å². The number of aliphatic hydroxyl groups is 1. The van der Waals surface area contributed by atoms with Gasteiger partial charge in [0.1, 0.15) is 6.61 Å². The van der Waals surface area contributed by atoms with E-state index in [1.54, 1.807) is 0 Å². The van der Waals surface area contributed by atoms with Gasteiger partial charge in [-0.2, -0.15) is 11.8 Å². The maximum absolute atomic E-state index is 8.70. The molecule has 0 aromatic heterocycles. The fraction of sp³-hybridized carbons (Fsp3) is 0.467. The Labute approximate surface area is 113 Å². The van der Waals surface area contributed by atoms with Gasteiger partial charge in [0.25, 0.3) is 0 Å². The van der Waals surface area contributed by atoms with Crippen LogP contribution in [0.1, 0.15) is 17.5 Å². The molecule has 0 aliphatic carbocycles. The molecule has 96 valence electrons. The summed E-state index contributed by atoms with van der Waals surface area (Å²) >= 11 is 2.04. The third-order valence-corrected chi connectivity index (χ3v) is 4.34. The fourth-order valence-corrected chi connectivity index (χ4v) is 3.47.